The molecule has 2 amide bonds. The van der Waals surface area contributed by atoms with Crippen LogP contribution in [-0.2, 0) is 9.53 Å². The average molecular weight is 377 g/mol. The van der Waals surface area contributed by atoms with Gasteiger partial charge in [-0.05, 0) is 46.8 Å². The first-order valence-electron chi connectivity index (χ1n) is 9.29. The Morgan fingerprint density at radius 2 is 1.96 bits per heavy atom. The number of hydrogen-bond acceptors (Lipinski definition) is 5. The summed E-state index contributed by atoms with van der Waals surface area (Å²) in [6.45, 7) is 11.1. The molecule has 0 radical (unpaired) electrons. The van der Waals surface area contributed by atoms with Crippen LogP contribution in [-0.4, -0.2) is 61.3 Å². The molecule has 150 valence electrons. The lowest BCUT2D eigenvalue weighted by molar-refractivity contribution is -0.133. The van der Waals surface area contributed by atoms with Crippen LogP contribution in [0.4, 0.5) is 10.5 Å². The lowest BCUT2D eigenvalue weighted by Gasteiger charge is -2.42. The average Bonchev–Trinajstić information content (AvgIpc) is 2.59. The van der Waals surface area contributed by atoms with Crippen molar-refractivity contribution in [2.24, 2.45) is 0 Å². The van der Waals surface area contributed by atoms with Crippen molar-refractivity contribution < 1.29 is 19.1 Å². The van der Waals surface area contributed by atoms with Crippen LogP contribution in [0, 0.1) is 0 Å². The highest BCUT2D eigenvalue weighted by atomic mass is 16.6. The van der Waals surface area contributed by atoms with Gasteiger partial charge < -0.3 is 24.6 Å². The van der Waals surface area contributed by atoms with Crippen molar-refractivity contribution in [3.63, 3.8) is 0 Å². The maximum atomic E-state index is 12.7. The number of carbonyl (C=O) groups is 2. The molecule has 7 heteroatoms. The summed E-state index contributed by atoms with van der Waals surface area (Å²) in [7, 11) is 1.65. The zero-order chi connectivity index (χ0) is 20.2. The van der Waals surface area contributed by atoms with Crippen molar-refractivity contribution in [2.75, 3.05) is 31.6 Å². The number of anilines is 1. The second-order valence-electron chi connectivity index (χ2n) is 7.90. The fourth-order valence-corrected chi connectivity index (χ4v) is 3.15. The Morgan fingerprint density at radius 1 is 1.26 bits per heavy atom. The number of piperazine rings is 1. The number of nitrogens with zero attached hydrogens (tertiary/aromatic N) is 2. The Bertz CT molecular complexity index is 671. The number of hydrogen-bond donors (Lipinski definition) is 1. The van der Waals surface area contributed by atoms with Gasteiger partial charge in [0.1, 0.15) is 17.4 Å². The molecule has 0 aliphatic carbocycles. The van der Waals surface area contributed by atoms with E-state index in [1.165, 1.54) is 0 Å². The molecule has 7 nitrogen and oxygen atoms in total. The van der Waals surface area contributed by atoms with E-state index in [1.54, 1.807) is 39.7 Å². The first-order chi connectivity index (χ1) is 12.6. The Balaban J connectivity index is 1.94. The Kier molecular flexibility index (Phi) is 6.57. The van der Waals surface area contributed by atoms with Crippen molar-refractivity contribution in [3.8, 4) is 5.75 Å². The standard InChI is InChI=1S/C20H31N3O4/c1-14-13-22(18(24)15(2)21-19(25)27-20(3,4)5)10-11-23(14)16-8-7-9-17(12-16)26-6/h7-9,12,14-15H,10-11,13H2,1-6H3,(H,21,25)/t14-,15-/m1/s1. The van der Waals surface area contributed by atoms with Crippen LogP contribution < -0.4 is 15.0 Å². The Hall–Kier alpha value is -2.44. The number of methoxy groups -OCH3 is 1. The maximum absolute atomic E-state index is 12.7. The van der Waals surface area contributed by atoms with Crippen LogP contribution in [0.3, 0.4) is 0 Å². The summed E-state index contributed by atoms with van der Waals surface area (Å²) in [6.07, 6.45) is -0.577. The molecule has 1 N–H and O–H groups in total. The van der Waals surface area contributed by atoms with Gasteiger partial charge in [-0.3, -0.25) is 4.79 Å². The molecule has 1 aromatic rings. The summed E-state index contributed by atoms with van der Waals surface area (Å²) in [6, 6.07) is 7.45. The van der Waals surface area contributed by atoms with Crippen molar-refractivity contribution in [1.82, 2.24) is 10.2 Å². The summed E-state index contributed by atoms with van der Waals surface area (Å²) in [5.74, 6) is 0.714. The van der Waals surface area contributed by atoms with Crippen LogP contribution in [0.1, 0.15) is 34.6 Å². The fourth-order valence-electron chi connectivity index (χ4n) is 3.15. The number of nitrogens with one attached hydrogen (secondary N) is 1. The van der Waals surface area contributed by atoms with Gasteiger partial charge in [0.15, 0.2) is 0 Å². The molecule has 1 fully saturated rings. The van der Waals surface area contributed by atoms with E-state index < -0.39 is 17.7 Å². The van der Waals surface area contributed by atoms with Crippen molar-refractivity contribution in [3.05, 3.63) is 24.3 Å². The third kappa shape index (κ3) is 5.77. The fraction of sp³-hybridized carbons (Fsp3) is 0.600. The van der Waals surface area contributed by atoms with Crippen LogP contribution in [0.25, 0.3) is 0 Å². The first-order valence-corrected chi connectivity index (χ1v) is 9.29. The van der Waals surface area contributed by atoms with Crippen LogP contribution in [0.15, 0.2) is 24.3 Å². The van der Waals surface area contributed by atoms with Gasteiger partial charge in [0.25, 0.3) is 0 Å². The number of carbonyl (C=O) groups excluding carboxylic acids is 2. The second-order valence-corrected chi connectivity index (χ2v) is 7.90. The van der Waals surface area contributed by atoms with Gasteiger partial charge >= 0.3 is 6.09 Å². The lowest BCUT2D eigenvalue weighted by atomic mass is 10.1. The molecule has 0 spiro atoms. The van der Waals surface area contributed by atoms with E-state index in [0.29, 0.717) is 13.1 Å². The minimum absolute atomic E-state index is 0.0991. The number of benzene rings is 1. The highest BCUT2D eigenvalue weighted by Crippen LogP contribution is 2.25. The quantitative estimate of drug-likeness (QED) is 0.873. The van der Waals surface area contributed by atoms with E-state index in [1.807, 2.05) is 24.3 Å². The molecule has 1 aliphatic heterocycles. The topological polar surface area (TPSA) is 71.1 Å². The van der Waals surface area contributed by atoms with Gasteiger partial charge in [-0.2, -0.15) is 0 Å². The van der Waals surface area contributed by atoms with Gasteiger partial charge in [-0.15, -0.1) is 0 Å². The second kappa shape index (κ2) is 8.50. The third-order valence-corrected chi connectivity index (χ3v) is 4.43. The van der Waals surface area contributed by atoms with Crippen molar-refractivity contribution in [2.45, 2.75) is 52.3 Å². The van der Waals surface area contributed by atoms with E-state index in [4.69, 9.17) is 9.47 Å². The first kappa shape index (κ1) is 20.9. The predicted molar refractivity (Wildman–Crippen MR) is 105 cm³/mol. The largest absolute Gasteiger partial charge is 0.497 e. The van der Waals surface area contributed by atoms with Gasteiger partial charge in [0, 0.05) is 37.4 Å². The molecule has 0 bridgehead atoms. The van der Waals surface area contributed by atoms with Crippen LogP contribution in [0.5, 0.6) is 5.75 Å². The summed E-state index contributed by atoms with van der Waals surface area (Å²) in [5.41, 5.74) is 0.484. The SMILES string of the molecule is COc1cccc(N2CCN(C(=O)[C@@H](C)NC(=O)OC(C)(C)C)C[C@H]2C)c1. The summed E-state index contributed by atoms with van der Waals surface area (Å²) in [5, 5.41) is 2.62. The van der Waals surface area contributed by atoms with E-state index in [0.717, 1.165) is 18.0 Å². The molecule has 1 aliphatic rings. The highest BCUT2D eigenvalue weighted by Gasteiger charge is 2.30. The predicted octanol–water partition coefficient (Wildman–Crippen LogP) is 2.65. The molecule has 1 saturated heterocycles. The van der Waals surface area contributed by atoms with Gasteiger partial charge in [-0.25, -0.2) is 4.79 Å². The molecule has 0 unspecified atom stereocenters. The minimum atomic E-state index is -0.629. The molecular weight excluding hydrogens is 346 g/mol. The molecule has 0 aromatic heterocycles. The van der Waals surface area contributed by atoms with E-state index in [2.05, 4.69) is 17.1 Å². The Morgan fingerprint density at radius 3 is 2.56 bits per heavy atom. The van der Waals surface area contributed by atoms with Crippen LogP contribution in [0.2, 0.25) is 0 Å². The number of rotatable bonds is 4. The van der Waals surface area contributed by atoms with Crippen LogP contribution >= 0.6 is 0 Å². The molecule has 1 aromatic carbocycles. The number of ether oxygens (including phenoxy) is 2. The molecule has 2 rings (SSSR count). The molecule has 0 saturated carbocycles. The van der Waals surface area contributed by atoms with E-state index in [-0.39, 0.29) is 11.9 Å². The number of amides is 2. The van der Waals surface area contributed by atoms with Crippen molar-refractivity contribution in [1.29, 1.82) is 0 Å². The molecule has 27 heavy (non-hydrogen) atoms. The van der Waals surface area contributed by atoms with Gasteiger partial charge in [0.05, 0.1) is 7.11 Å². The molecule has 1 heterocycles. The monoisotopic (exact) mass is 377 g/mol. The molecular formula is C20H31N3O4. The third-order valence-electron chi connectivity index (χ3n) is 4.43. The summed E-state index contributed by atoms with van der Waals surface area (Å²) < 4.78 is 10.5. The zero-order valence-electron chi connectivity index (χ0n) is 17.1. The lowest BCUT2D eigenvalue weighted by Crippen LogP contribution is -2.57. The number of alkyl carbamates (subject to hydrolysis) is 1. The van der Waals surface area contributed by atoms with Crippen molar-refractivity contribution >= 4 is 17.7 Å². The summed E-state index contributed by atoms with van der Waals surface area (Å²) >= 11 is 0. The Labute approximate surface area is 161 Å². The zero-order valence-corrected chi connectivity index (χ0v) is 17.1. The minimum Gasteiger partial charge on any atom is -0.497 e. The summed E-state index contributed by atoms with van der Waals surface area (Å²) in [4.78, 5) is 28.7. The maximum Gasteiger partial charge on any atom is 0.408 e. The molecule has 2 atom stereocenters. The van der Waals surface area contributed by atoms with E-state index in [9.17, 15) is 9.59 Å². The van der Waals surface area contributed by atoms with Gasteiger partial charge in [-0.1, -0.05) is 6.07 Å². The van der Waals surface area contributed by atoms with E-state index >= 15 is 0 Å². The van der Waals surface area contributed by atoms with Gasteiger partial charge in [0.2, 0.25) is 5.91 Å². The normalized spacial score (nSPS) is 18.7. The highest BCUT2D eigenvalue weighted by molar-refractivity contribution is 5.85. The smallest absolute Gasteiger partial charge is 0.408 e.